The van der Waals surface area contributed by atoms with E-state index < -0.39 is 5.92 Å². The molecule has 0 amide bonds. The summed E-state index contributed by atoms with van der Waals surface area (Å²) in [6.07, 6.45) is 5.18. The number of aromatic nitrogens is 3. The van der Waals surface area contributed by atoms with Crippen LogP contribution in [0.25, 0.3) is 16.4 Å². The maximum atomic E-state index is 13.8. The van der Waals surface area contributed by atoms with E-state index in [9.17, 15) is 8.78 Å². The van der Waals surface area contributed by atoms with E-state index in [-0.39, 0.29) is 24.1 Å². The zero-order chi connectivity index (χ0) is 17.4. The van der Waals surface area contributed by atoms with Crippen LogP contribution in [0.3, 0.4) is 0 Å². The Balaban J connectivity index is 1.55. The minimum Gasteiger partial charge on any atom is -0.327 e. The Morgan fingerprint density at radius 3 is 2.88 bits per heavy atom. The molecular weight excluding hydrogens is 322 g/mol. The van der Waals surface area contributed by atoms with Crippen LogP contribution in [0.1, 0.15) is 18.7 Å². The fourth-order valence-corrected chi connectivity index (χ4v) is 3.39. The highest BCUT2D eigenvalue weighted by Crippen LogP contribution is 2.30. The van der Waals surface area contributed by atoms with E-state index in [4.69, 9.17) is 5.73 Å². The molecule has 2 N–H and O–H groups in total. The summed E-state index contributed by atoms with van der Waals surface area (Å²) in [5, 5.41) is 10.6. The number of rotatable bonds is 4. The summed E-state index contributed by atoms with van der Waals surface area (Å²) >= 11 is 0. The van der Waals surface area contributed by atoms with Crippen LogP contribution >= 0.6 is 0 Å². The Labute approximate surface area is 143 Å². The third-order valence-electron chi connectivity index (χ3n) is 4.66. The number of halogens is 2. The topological polar surface area (TPSA) is 56.2 Å². The summed E-state index contributed by atoms with van der Waals surface area (Å²) in [6, 6.07) is 9.64. The molecule has 0 saturated heterocycles. The molecule has 2 aromatic heterocycles. The van der Waals surface area contributed by atoms with Gasteiger partial charge in [0.2, 0.25) is 0 Å². The molecule has 6 heteroatoms. The van der Waals surface area contributed by atoms with E-state index in [0.717, 1.165) is 22.2 Å². The van der Waals surface area contributed by atoms with Gasteiger partial charge in [-0.05, 0) is 30.0 Å². The van der Waals surface area contributed by atoms with Crippen LogP contribution in [-0.4, -0.2) is 20.6 Å². The smallest absolute Gasteiger partial charge is 0.168 e. The molecule has 0 spiro atoms. The second-order valence-corrected chi connectivity index (χ2v) is 6.48. The minimum absolute atomic E-state index is 0.0707. The van der Waals surface area contributed by atoms with Crippen LogP contribution in [0.4, 0.5) is 8.78 Å². The van der Waals surface area contributed by atoms with Crippen molar-refractivity contribution in [3.63, 3.8) is 0 Å². The minimum atomic E-state index is -0.500. The maximum Gasteiger partial charge on any atom is 0.168 e. The summed E-state index contributed by atoms with van der Waals surface area (Å²) in [5.74, 6) is -0.392. The van der Waals surface area contributed by atoms with E-state index in [0.29, 0.717) is 12.8 Å². The quantitative estimate of drug-likeness (QED) is 0.784. The first-order valence-corrected chi connectivity index (χ1v) is 8.30. The molecule has 3 aromatic rings. The number of nitrogens with zero attached hydrogens (tertiary/aromatic N) is 3. The van der Waals surface area contributed by atoms with Gasteiger partial charge in [-0.2, -0.15) is 0 Å². The summed E-state index contributed by atoms with van der Waals surface area (Å²) in [4.78, 5) is 0. The number of pyridine rings is 1. The highest BCUT2D eigenvalue weighted by Gasteiger charge is 2.23. The van der Waals surface area contributed by atoms with Crippen molar-refractivity contribution in [2.24, 2.45) is 11.7 Å². The van der Waals surface area contributed by atoms with Gasteiger partial charge in [-0.1, -0.05) is 24.3 Å². The number of benzene rings is 1. The third-order valence-corrected chi connectivity index (χ3v) is 4.66. The van der Waals surface area contributed by atoms with Gasteiger partial charge in [0, 0.05) is 36.4 Å². The molecule has 0 fully saturated rings. The molecule has 0 radical (unpaired) electrons. The number of hydrogen-bond acceptors (Lipinski definition) is 3. The predicted octanol–water partition coefficient (Wildman–Crippen LogP) is 3.87. The predicted molar refractivity (Wildman–Crippen MR) is 93.3 cm³/mol. The van der Waals surface area contributed by atoms with Crippen molar-refractivity contribution >= 4 is 16.4 Å². The molecule has 25 heavy (non-hydrogen) atoms. The van der Waals surface area contributed by atoms with Crippen LogP contribution in [0.15, 0.2) is 60.3 Å². The number of nitrogens with two attached hydrogens (primary N) is 1. The lowest BCUT2D eigenvalue weighted by Gasteiger charge is -2.20. The standard InChI is InChI=1S/C19H18F2N4/c20-14-5-6-17(21)13(9-14)10-15(22)11-18-23-24-19-16-4-2-1-3-12(16)7-8-25(18)19/h1-8,13,15H,9-11,22H2/t13?,15-/m1/s1. The van der Waals surface area contributed by atoms with Gasteiger partial charge in [-0.3, -0.25) is 4.40 Å². The fraction of sp³-hybridized carbons (Fsp3) is 0.263. The normalized spacial score (nSPS) is 19.1. The van der Waals surface area contributed by atoms with Crippen LogP contribution in [0, 0.1) is 5.92 Å². The van der Waals surface area contributed by atoms with Crippen LogP contribution < -0.4 is 5.73 Å². The van der Waals surface area contributed by atoms with Crippen molar-refractivity contribution in [3.05, 3.63) is 66.2 Å². The van der Waals surface area contributed by atoms with E-state index in [1.54, 1.807) is 0 Å². The summed E-state index contributed by atoms with van der Waals surface area (Å²) in [7, 11) is 0. The van der Waals surface area contributed by atoms with Gasteiger partial charge in [0.05, 0.1) is 0 Å². The number of hydrogen-bond donors (Lipinski definition) is 1. The molecule has 4 rings (SSSR count). The van der Waals surface area contributed by atoms with Crippen molar-refractivity contribution in [3.8, 4) is 0 Å². The Morgan fingerprint density at radius 1 is 1.16 bits per heavy atom. The van der Waals surface area contributed by atoms with Crippen molar-refractivity contribution in [2.75, 3.05) is 0 Å². The van der Waals surface area contributed by atoms with E-state index in [2.05, 4.69) is 10.2 Å². The van der Waals surface area contributed by atoms with Gasteiger partial charge in [0.1, 0.15) is 17.5 Å². The second kappa shape index (κ2) is 6.37. The zero-order valence-corrected chi connectivity index (χ0v) is 13.6. The summed E-state index contributed by atoms with van der Waals surface area (Å²) in [5.41, 5.74) is 6.97. The lowest BCUT2D eigenvalue weighted by Crippen LogP contribution is -2.28. The van der Waals surface area contributed by atoms with Crippen molar-refractivity contribution in [2.45, 2.75) is 25.3 Å². The first kappa shape index (κ1) is 15.9. The fourth-order valence-electron chi connectivity index (χ4n) is 3.39. The number of fused-ring (bicyclic) bond motifs is 3. The summed E-state index contributed by atoms with van der Waals surface area (Å²) < 4.78 is 29.1. The lowest BCUT2D eigenvalue weighted by molar-refractivity contribution is 0.370. The molecule has 1 aliphatic carbocycles. The van der Waals surface area contributed by atoms with Gasteiger partial charge < -0.3 is 5.73 Å². The highest BCUT2D eigenvalue weighted by atomic mass is 19.1. The molecule has 1 unspecified atom stereocenters. The SMILES string of the molecule is N[C@@H](Cc1nnc2c3ccccc3ccn12)CC1CC(F)=CC=C1F. The van der Waals surface area contributed by atoms with Gasteiger partial charge in [-0.25, -0.2) is 8.78 Å². The molecular formula is C19H18F2N4. The first-order valence-electron chi connectivity index (χ1n) is 8.30. The summed E-state index contributed by atoms with van der Waals surface area (Å²) in [6.45, 7) is 0. The monoisotopic (exact) mass is 340 g/mol. The van der Waals surface area contributed by atoms with Gasteiger partial charge >= 0.3 is 0 Å². The van der Waals surface area contributed by atoms with Gasteiger partial charge in [0.15, 0.2) is 5.65 Å². The van der Waals surface area contributed by atoms with Crippen LogP contribution in [-0.2, 0) is 6.42 Å². The Hall–Kier alpha value is -2.60. The maximum absolute atomic E-state index is 13.8. The van der Waals surface area contributed by atoms with E-state index in [1.807, 2.05) is 40.9 Å². The van der Waals surface area contributed by atoms with Crippen LogP contribution in [0.5, 0.6) is 0 Å². The molecule has 2 atom stereocenters. The molecule has 1 aromatic carbocycles. The molecule has 128 valence electrons. The molecule has 4 nitrogen and oxygen atoms in total. The first-order chi connectivity index (χ1) is 12.1. The molecule has 0 aliphatic heterocycles. The largest absolute Gasteiger partial charge is 0.327 e. The Bertz CT molecular complexity index is 989. The van der Waals surface area contributed by atoms with E-state index >= 15 is 0 Å². The molecule has 2 heterocycles. The van der Waals surface area contributed by atoms with Crippen LogP contribution in [0.2, 0.25) is 0 Å². The van der Waals surface area contributed by atoms with Gasteiger partial charge in [-0.15, -0.1) is 10.2 Å². The third kappa shape index (κ3) is 3.05. The molecule has 0 bridgehead atoms. The van der Waals surface area contributed by atoms with Gasteiger partial charge in [0.25, 0.3) is 0 Å². The van der Waals surface area contributed by atoms with Crippen molar-refractivity contribution in [1.82, 2.24) is 14.6 Å². The van der Waals surface area contributed by atoms with E-state index in [1.165, 1.54) is 12.2 Å². The number of allylic oxidation sites excluding steroid dienone is 4. The average molecular weight is 340 g/mol. The van der Waals surface area contributed by atoms with Crippen molar-refractivity contribution in [1.29, 1.82) is 0 Å². The van der Waals surface area contributed by atoms with Crippen molar-refractivity contribution < 1.29 is 8.78 Å². The Kier molecular flexibility index (Phi) is 4.05. The highest BCUT2D eigenvalue weighted by molar-refractivity contribution is 5.93. The lowest BCUT2D eigenvalue weighted by atomic mass is 9.90. The molecule has 0 saturated carbocycles. The second-order valence-electron chi connectivity index (χ2n) is 6.48. The molecule has 1 aliphatic rings. The average Bonchev–Trinajstić information content (AvgIpc) is 3.01. The Morgan fingerprint density at radius 2 is 2.00 bits per heavy atom. The zero-order valence-electron chi connectivity index (χ0n) is 13.6.